The van der Waals surface area contributed by atoms with E-state index in [0.717, 1.165) is 36.1 Å². The molecule has 2 aliphatic carbocycles. The van der Waals surface area contributed by atoms with Gasteiger partial charge in [-0.1, -0.05) is 18.2 Å². The maximum atomic E-state index is 13.0. The van der Waals surface area contributed by atoms with Crippen LogP contribution in [0.3, 0.4) is 0 Å². The van der Waals surface area contributed by atoms with Crippen molar-refractivity contribution in [1.82, 2.24) is 9.38 Å². The van der Waals surface area contributed by atoms with Crippen molar-refractivity contribution in [2.45, 2.75) is 25.2 Å². The molecule has 26 heavy (non-hydrogen) atoms. The number of pyridine rings is 1. The molecule has 0 bridgehead atoms. The Morgan fingerprint density at radius 2 is 2.15 bits per heavy atom. The van der Waals surface area contributed by atoms with Gasteiger partial charge in [-0.2, -0.15) is 0 Å². The van der Waals surface area contributed by atoms with Gasteiger partial charge in [-0.3, -0.25) is 9.20 Å². The Balaban J connectivity index is 1.67. The minimum Gasteiger partial charge on any atom is -0.478 e. The summed E-state index contributed by atoms with van der Waals surface area (Å²) in [4.78, 5) is 28.6. The molecule has 1 N–H and O–H groups in total. The highest BCUT2D eigenvalue weighted by molar-refractivity contribution is 6.17. The van der Waals surface area contributed by atoms with Gasteiger partial charge in [0.05, 0.1) is 17.5 Å². The number of Topliss-reactive ketones (excluding diaryl/α,β-unsaturated/α-hetero) is 1. The summed E-state index contributed by atoms with van der Waals surface area (Å²) >= 11 is 0. The first-order chi connectivity index (χ1) is 12.6. The fourth-order valence-corrected chi connectivity index (χ4v) is 4.26. The van der Waals surface area contributed by atoms with Crippen LogP contribution in [0.4, 0.5) is 0 Å². The number of benzene rings is 1. The van der Waals surface area contributed by atoms with Crippen molar-refractivity contribution in [1.29, 1.82) is 0 Å². The zero-order valence-corrected chi connectivity index (χ0v) is 14.0. The monoisotopic (exact) mass is 344 g/mol. The summed E-state index contributed by atoms with van der Waals surface area (Å²) in [5.41, 5.74) is 5.65. The molecule has 0 saturated heterocycles. The number of carboxylic acid groups (broad SMARTS) is 1. The van der Waals surface area contributed by atoms with Gasteiger partial charge in [0.15, 0.2) is 5.78 Å². The van der Waals surface area contributed by atoms with E-state index in [1.807, 2.05) is 18.2 Å². The van der Waals surface area contributed by atoms with Gasteiger partial charge in [0.2, 0.25) is 0 Å². The van der Waals surface area contributed by atoms with Gasteiger partial charge >= 0.3 is 5.97 Å². The molecule has 0 saturated carbocycles. The number of rotatable bonds is 2. The second-order valence-corrected chi connectivity index (χ2v) is 6.89. The van der Waals surface area contributed by atoms with Gasteiger partial charge in [-0.15, -0.1) is 0 Å². The lowest BCUT2D eigenvalue weighted by molar-refractivity contribution is 0.0696. The van der Waals surface area contributed by atoms with Crippen LogP contribution in [0.25, 0.3) is 11.7 Å². The number of carboxylic acids is 1. The normalized spacial score (nSPS) is 19.9. The second kappa shape index (κ2) is 5.39. The quantitative estimate of drug-likeness (QED) is 0.719. The van der Waals surface area contributed by atoms with E-state index in [1.54, 1.807) is 22.9 Å². The van der Waals surface area contributed by atoms with Crippen molar-refractivity contribution in [2.24, 2.45) is 0 Å². The number of aryl methyl sites for hydroxylation is 1. The summed E-state index contributed by atoms with van der Waals surface area (Å²) in [6.07, 6.45) is 8.19. The first-order valence-electron chi connectivity index (χ1n) is 8.72. The van der Waals surface area contributed by atoms with Crippen LogP contribution in [0.15, 0.2) is 48.3 Å². The lowest BCUT2D eigenvalue weighted by Crippen LogP contribution is -2.08. The number of imidazole rings is 1. The second-order valence-electron chi connectivity index (χ2n) is 6.89. The zero-order valence-electron chi connectivity index (χ0n) is 14.0. The average Bonchev–Trinajstić information content (AvgIpc) is 3.18. The van der Waals surface area contributed by atoms with E-state index in [9.17, 15) is 14.7 Å². The Labute approximate surface area is 149 Å². The number of hydrogen-bond acceptors (Lipinski definition) is 3. The van der Waals surface area contributed by atoms with Gasteiger partial charge < -0.3 is 5.11 Å². The number of allylic oxidation sites excluding steroid dienone is 1. The predicted octanol–water partition coefficient (Wildman–Crippen LogP) is 3.73. The third kappa shape index (κ3) is 2.07. The molecule has 2 aliphatic rings. The SMILES string of the molecule is O=C(O)c1ccc2ncc(/C=C3/C(=O)c4cccc5c4C3CCC5)n2c1. The number of nitrogens with zero attached hydrogens (tertiary/aromatic N) is 2. The highest BCUT2D eigenvalue weighted by Gasteiger charge is 2.37. The number of carbonyl (C=O) groups is 2. The molecule has 0 aliphatic heterocycles. The summed E-state index contributed by atoms with van der Waals surface area (Å²) in [5.74, 6) is -0.769. The van der Waals surface area contributed by atoms with Crippen molar-refractivity contribution < 1.29 is 14.7 Å². The van der Waals surface area contributed by atoms with Crippen molar-refractivity contribution in [3.63, 3.8) is 0 Å². The summed E-state index contributed by atoms with van der Waals surface area (Å²) in [5, 5.41) is 9.23. The Hall–Kier alpha value is -3.21. The number of hydrogen-bond donors (Lipinski definition) is 1. The summed E-state index contributed by atoms with van der Waals surface area (Å²) < 4.78 is 1.73. The Bertz CT molecular complexity index is 1120. The molecule has 0 fully saturated rings. The number of aromatic carboxylic acids is 1. The molecule has 3 aromatic rings. The van der Waals surface area contributed by atoms with Crippen LogP contribution in [-0.2, 0) is 6.42 Å². The first kappa shape index (κ1) is 15.1. The van der Waals surface area contributed by atoms with Crippen LogP contribution >= 0.6 is 0 Å². The summed E-state index contributed by atoms with van der Waals surface area (Å²) in [7, 11) is 0. The maximum absolute atomic E-state index is 13.0. The molecule has 5 heteroatoms. The number of aromatic nitrogens is 2. The van der Waals surface area contributed by atoms with E-state index in [0.29, 0.717) is 5.65 Å². The van der Waals surface area contributed by atoms with Crippen LogP contribution < -0.4 is 0 Å². The van der Waals surface area contributed by atoms with E-state index < -0.39 is 5.97 Å². The Morgan fingerprint density at radius 3 is 3.00 bits per heavy atom. The highest BCUT2D eigenvalue weighted by atomic mass is 16.4. The fourth-order valence-electron chi connectivity index (χ4n) is 4.26. The molecule has 0 radical (unpaired) electrons. The highest BCUT2D eigenvalue weighted by Crippen LogP contribution is 2.46. The van der Waals surface area contributed by atoms with Crippen LogP contribution in [0.2, 0.25) is 0 Å². The van der Waals surface area contributed by atoms with Crippen molar-refractivity contribution in [2.75, 3.05) is 0 Å². The van der Waals surface area contributed by atoms with E-state index in [2.05, 4.69) is 11.1 Å². The number of ketones is 1. The first-order valence-corrected chi connectivity index (χ1v) is 8.72. The van der Waals surface area contributed by atoms with E-state index in [1.165, 1.54) is 17.2 Å². The maximum Gasteiger partial charge on any atom is 0.337 e. The molecule has 0 spiro atoms. The van der Waals surface area contributed by atoms with Gasteiger partial charge in [-0.05, 0) is 48.6 Å². The van der Waals surface area contributed by atoms with Gasteiger partial charge in [0.25, 0.3) is 0 Å². The van der Waals surface area contributed by atoms with Gasteiger partial charge in [-0.25, -0.2) is 9.78 Å². The largest absolute Gasteiger partial charge is 0.478 e. The third-order valence-corrected chi connectivity index (χ3v) is 5.45. The summed E-state index contributed by atoms with van der Waals surface area (Å²) in [6, 6.07) is 9.21. The Morgan fingerprint density at radius 1 is 1.27 bits per heavy atom. The van der Waals surface area contributed by atoms with Crippen LogP contribution in [0, 0.1) is 0 Å². The molecule has 128 valence electrons. The molecule has 1 atom stereocenters. The lowest BCUT2D eigenvalue weighted by Gasteiger charge is -2.21. The molecule has 1 unspecified atom stereocenters. The van der Waals surface area contributed by atoms with Crippen LogP contribution in [0.1, 0.15) is 56.3 Å². The van der Waals surface area contributed by atoms with Gasteiger partial charge in [0.1, 0.15) is 5.65 Å². The van der Waals surface area contributed by atoms with E-state index >= 15 is 0 Å². The lowest BCUT2D eigenvalue weighted by atomic mass is 9.82. The smallest absolute Gasteiger partial charge is 0.337 e. The molecule has 1 aromatic carbocycles. The predicted molar refractivity (Wildman–Crippen MR) is 96.6 cm³/mol. The van der Waals surface area contributed by atoms with Crippen molar-refractivity contribution >= 4 is 23.5 Å². The molecule has 2 heterocycles. The minimum absolute atomic E-state index is 0.0816. The average molecular weight is 344 g/mol. The third-order valence-electron chi connectivity index (χ3n) is 5.45. The van der Waals surface area contributed by atoms with Crippen LogP contribution in [-0.4, -0.2) is 26.2 Å². The fraction of sp³-hybridized carbons (Fsp3) is 0.190. The van der Waals surface area contributed by atoms with E-state index in [4.69, 9.17) is 0 Å². The Kier molecular flexibility index (Phi) is 3.13. The number of carbonyl (C=O) groups excluding carboxylic acids is 1. The molecular formula is C21H16N2O3. The van der Waals surface area contributed by atoms with Gasteiger partial charge in [0, 0.05) is 23.3 Å². The van der Waals surface area contributed by atoms with Crippen molar-refractivity contribution in [3.8, 4) is 0 Å². The minimum atomic E-state index is -0.986. The molecule has 5 rings (SSSR count). The standard InChI is InChI=1S/C21H16N2O3/c24-20-16-6-2-4-12-3-1-5-15(19(12)16)17(20)9-14-10-22-18-8-7-13(21(25)26)11-23(14)18/h2,4,6-11,15H,1,3,5H2,(H,25,26)/b17-9+. The summed E-state index contributed by atoms with van der Waals surface area (Å²) in [6.45, 7) is 0. The molecular weight excluding hydrogens is 328 g/mol. The molecule has 2 aromatic heterocycles. The van der Waals surface area contributed by atoms with E-state index in [-0.39, 0.29) is 17.3 Å². The van der Waals surface area contributed by atoms with Crippen molar-refractivity contribution in [3.05, 3.63) is 76.2 Å². The number of fused-ring (bicyclic) bond motifs is 1. The molecule has 5 nitrogen and oxygen atoms in total. The molecule has 0 amide bonds. The zero-order chi connectivity index (χ0) is 17.8. The van der Waals surface area contributed by atoms with Crippen LogP contribution in [0.5, 0.6) is 0 Å². The topological polar surface area (TPSA) is 71.7 Å².